The maximum atomic E-state index is 12.7. The molecule has 2 aromatic rings. The number of hydrogen-bond acceptors (Lipinski definition) is 17. The number of ether oxygens (including phenoxy) is 5. The number of Topliss-reactive ketones (excluding diaryl/α,β-unsaturated/α-hetero) is 1. The fourth-order valence-electron chi connectivity index (χ4n) is 4.81. The Kier molecular flexibility index (Phi) is 18.7. The molecular formula is C31H44N5O19P3. The fourth-order valence-corrected chi connectivity index (χ4v) is 7.84. The average molecular weight is 884 g/mol. The van der Waals surface area contributed by atoms with Crippen molar-refractivity contribution in [1.29, 1.82) is 0 Å². The Balaban J connectivity index is 1.54. The molecule has 0 bridgehead atoms. The molecule has 24 nitrogen and oxygen atoms in total. The Hall–Kier alpha value is -3.96. The van der Waals surface area contributed by atoms with Gasteiger partial charge in [0.15, 0.2) is 6.29 Å². The fraction of sp³-hybridized carbons (Fsp3) is 0.452. The van der Waals surface area contributed by atoms with Crippen molar-refractivity contribution >= 4 is 53.0 Å². The van der Waals surface area contributed by atoms with Crippen molar-refractivity contribution < 1.29 is 84.5 Å². The first-order valence-corrected chi connectivity index (χ1v) is 21.4. The van der Waals surface area contributed by atoms with Gasteiger partial charge in [-0.2, -0.15) is 13.6 Å². The minimum absolute atomic E-state index is 0.0228. The number of carbonyl (C=O) groups excluding carboxylic acids is 3. The number of nitrogens with one attached hydrogen (secondary N) is 2. The van der Waals surface area contributed by atoms with Gasteiger partial charge >= 0.3 is 29.2 Å². The number of ketones is 1. The molecule has 58 heavy (non-hydrogen) atoms. The Labute approximate surface area is 330 Å². The number of nitrogens with two attached hydrogens (primary N) is 1. The molecule has 0 aliphatic carbocycles. The minimum atomic E-state index is -5.75. The highest BCUT2D eigenvalue weighted by Gasteiger charge is 2.43. The Morgan fingerprint density at radius 3 is 2.53 bits per heavy atom. The highest BCUT2D eigenvalue weighted by molar-refractivity contribution is 7.66. The summed E-state index contributed by atoms with van der Waals surface area (Å²) >= 11 is 0. The lowest BCUT2D eigenvalue weighted by Crippen LogP contribution is -2.33. The second-order valence-corrected chi connectivity index (χ2v) is 16.3. The molecule has 27 heteroatoms. The van der Waals surface area contributed by atoms with Crippen LogP contribution in [0.4, 0.5) is 5.82 Å². The van der Waals surface area contributed by atoms with E-state index in [2.05, 4.69) is 35.3 Å². The highest BCUT2D eigenvalue weighted by Crippen LogP contribution is 2.66. The lowest BCUT2D eigenvalue weighted by atomic mass is 10.2. The van der Waals surface area contributed by atoms with E-state index in [0.717, 1.165) is 4.57 Å². The van der Waals surface area contributed by atoms with Crippen molar-refractivity contribution in [1.82, 2.24) is 20.2 Å². The standard InChI is InChI=1S/C31H44N5O19P3/c1-4-13-49-28(19-50-23-9-5-7-21(14-23)30(39)34-12-10-20(2)37)51-18-26(38)33-11-6-8-22-16-36(31(40)35-29(22)32)27-15-24(48-3)25(53-27)17-52-57(44,45)55-58(46,47)54-56(41,42)43/h4-9,14,16,24-25,27-28H,1,10-13,15,17-19H2,2-3H3,(H,33,38)(H,34,39)(H,44,45)(H,46,47)(H2,32,35,40)(H2,41,42,43)/b8-6+/t24-,25?,27?,28?/m0/s1. The molecule has 0 spiro atoms. The molecule has 1 aromatic heterocycles. The number of carbonyl (C=O) groups is 3. The van der Waals surface area contributed by atoms with Crippen molar-refractivity contribution in [2.24, 2.45) is 0 Å². The number of anilines is 1. The molecule has 8 N–H and O–H groups in total. The van der Waals surface area contributed by atoms with Crippen LogP contribution in [0, 0.1) is 0 Å². The number of amides is 2. The molecule has 0 radical (unpaired) electrons. The molecule has 1 aromatic carbocycles. The molecule has 2 heterocycles. The number of nitrogens with zero attached hydrogens (tertiary/aromatic N) is 2. The van der Waals surface area contributed by atoms with Gasteiger partial charge < -0.3 is 59.6 Å². The van der Waals surface area contributed by atoms with Gasteiger partial charge in [-0.25, -0.2) is 18.5 Å². The summed E-state index contributed by atoms with van der Waals surface area (Å²) in [4.78, 5) is 89.1. The van der Waals surface area contributed by atoms with Crippen molar-refractivity contribution in [3.05, 3.63) is 70.8 Å². The number of phosphoric acid groups is 3. The van der Waals surface area contributed by atoms with Crippen LogP contribution in [0.25, 0.3) is 6.08 Å². The van der Waals surface area contributed by atoms with Crippen molar-refractivity contribution in [3.8, 4) is 5.75 Å². The van der Waals surface area contributed by atoms with Gasteiger partial charge in [-0.3, -0.25) is 23.5 Å². The molecule has 2 amide bonds. The van der Waals surface area contributed by atoms with E-state index < -0.39 is 73.0 Å². The van der Waals surface area contributed by atoms with Crippen LogP contribution in [0.2, 0.25) is 0 Å². The van der Waals surface area contributed by atoms with E-state index in [4.69, 9.17) is 39.2 Å². The van der Waals surface area contributed by atoms with Crippen LogP contribution in [0.15, 0.2) is 54.0 Å². The molecule has 5 unspecified atom stereocenters. The predicted molar refractivity (Wildman–Crippen MR) is 200 cm³/mol. The zero-order valence-electron chi connectivity index (χ0n) is 31.0. The summed E-state index contributed by atoms with van der Waals surface area (Å²) in [5.74, 6) is -0.820. The maximum Gasteiger partial charge on any atom is 0.490 e. The molecule has 1 saturated heterocycles. The third kappa shape index (κ3) is 17.1. The first-order chi connectivity index (χ1) is 27.2. The number of hydrogen-bond donors (Lipinski definition) is 7. The molecule has 1 fully saturated rings. The topological polar surface area (TPSA) is 342 Å². The number of benzene rings is 1. The van der Waals surface area contributed by atoms with E-state index in [1.54, 1.807) is 18.2 Å². The monoisotopic (exact) mass is 883 g/mol. The molecular weight excluding hydrogens is 839 g/mol. The number of aromatic nitrogens is 2. The maximum absolute atomic E-state index is 12.7. The Bertz CT molecular complexity index is 1990. The molecule has 322 valence electrons. The van der Waals surface area contributed by atoms with E-state index in [1.165, 1.54) is 44.5 Å². The first kappa shape index (κ1) is 48.4. The van der Waals surface area contributed by atoms with E-state index >= 15 is 0 Å². The normalized spacial score (nSPS) is 19.5. The minimum Gasteiger partial charge on any atom is -0.488 e. The largest absolute Gasteiger partial charge is 0.490 e. The average Bonchev–Trinajstić information content (AvgIpc) is 3.54. The second kappa shape index (κ2) is 22.4. The highest BCUT2D eigenvalue weighted by atomic mass is 31.3. The van der Waals surface area contributed by atoms with Crippen molar-refractivity contribution in [2.75, 3.05) is 52.4 Å². The van der Waals surface area contributed by atoms with E-state index in [-0.39, 0.29) is 62.2 Å². The first-order valence-electron chi connectivity index (χ1n) is 16.8. The van der Waals surface area contributed by atoms with Crippen LogP contribution in [0.1, 0.15) is 41.9 Å². The third-order valence-corrected chi connectivity index (χ3v) is 11.2. The summed E-state index contributed by atoms with van der Waals surface area (Å²) in [6.45, 7) is 3.86. The van der Waals surface area contributed by atoms with Crippen molar-refractivity contribution in [3.63, 3.8) is 0 Å². The number of rotatable bonds is 25. The molecule has 0 saturated carbocycles. The van der Waals surface area contributed by atoms with Crippen LogP contribution >= 0.6 is 23.5 Å². The predicted octanol–water partition coefficient (Wildman–Crippen LogP) is 0.934. The van der Waals surface area contributed by atoms with Gasteiger partial charge in [-0.15, -0.1) is 6.58 Å². The third-order valence-electron chi connectivity index (χ3n) is 7.38. The van der Waals surface area contributed by atoms with E-state index in [9.17, 15) is 42.7 Å². The molecule has 3 rings (SSSR count). The molecule has 1 aliphatic heterocycles. The van der Waals surface area contributed by atoms with Gasteiger partial charge in [0.25, 0.3) is 5.91 Å². The molecule has 1 aliphatic rings. The lowest BCUT2D eigenvalue weighted by Gasteiger charge is -2.20. The van der Waals surface area contributed by atoms with Gasteiger partial charge in [-0.05, 0) is 25.1 Å². The number of nitrogen functional groups attached to an aromatic ring is 1. The number of phosphoric ester groups is 1. The smallest absolute Gasteiger partial charge is 0.488 e. The van der Waals surface area contributed by atoms with Crippen LogP contribution in [0.5, 0.6) is 5.75 Å². The number of methoxy groups -OCH3 is 1. The lowest BCUT2D eigenvalue weighted by molar-refractivity contribution is -0.162. The summed E-state index contributed by atoms with van der Waals surface area (Å²) in [5.41, 5.74) is 5.63. The van der Waals surface area contributed by atoms with Gasteiger partial charge in [0.1, 0.15) is 42.9 Å². The zero-order valence-corrected chi connectivity index (χ0v) is 33.7. The Morgan fingerprint density at radius 2 is 1.86 bits per heavy atom. The summed E-state index contributed by atoms with van der Waals surface area (Å²) in [5, 5.41) is 5.25. The van der Waals surface area contributed by atoms with Crippen molar-refractivity contribution in [2.45, 2.75) is 44.5 Å². The molecule has 6 atom stereocenters. The quantitative estimate of drug-likeness (QED) is 0.0414. The van der Waals surface area contributed by atoms with Crippen LogP contribution in [-0.4, -0.2) is 112 Å². The summed E-state index contributed by atoms with van der Waals surface area (Å²) in [7, 11) is -15.5. The van der Waals surface area contributed by atoms with Gasteiger partial charge in [-0.1, -0.05) is 24.3 Å². The SMILES string of the molecule is C=CCOC(COc1cccc(C(=O)NCCC(C)=O)c1)OCC(=O)NC/C=C/c1cn(C2C[C@H](OC)C(COP(=O)(O)OP(=O)(O)OP(=O)(O)O)O2)c(=O)nc1N. The Morgan fingerprint density at radius 1 is 1.12 bits per heavy atom. The van der Waals surface area contributed by atoms with Gasteiger partial charge in [0, 0.05) is 50.4 Å². The van der Waals surface area contributed by atoms with Crippen LogP contribution in [-0.2, 0) is 55.4 Å². The van der Waals surface area contributed by atoms with Gasteiger partial charge in [0.2, 0.25) is 5.91 Å². The summed E-state index contributed by atoms with van der Waals surface area (Å²) in [6, 6.07) is 6.30. The van der Waals surface area contributed by atoms with E-state index in [1.807, 2.05) is 0 Å². The van der Waals surface area contributed by atoms with Crippen LogP contribution in [0.3, 0.4) is 0 Å². The van der Waals surface area contributed by atoms with E-state index in [0.29, 0.717) is 11.3 Å². The second-order valence-electron chi connectivity index (χ2n) is 11.9. The zero-order chi connectivity index (χ0) is 43.1. The summed E-state index contributed by atoms with van der Waals surface area (Å²) < 4.78 is 75.6. The summed E-state index contributed by atoms with van der Waals surface area (Å²) in [6.07, 6.45) is 1.76. The van der Waals surface area contributed by atoms with Gasteiger partial charge in [0.05, 0.1) is 19.3 Å². The van der Waals surface area contributed by atoms with Crippen LogP contribution < -0.4 is 26.8 Å².